The van der Waals surface area contributed by atoms with E-state index in [1.807, 2.05) is 12.1 Å². The number of rotatable bonds is 3. The Hall–Kier alpha value is -2.56. The van der Waals surface area contributed by atoms with Crippen LogP contribution in [0, 0.1) is 13.8 Å². The summed E-state index contributed by atoms with van der Waals surface area (Å²) in [5, 5.41) is 8.31. The molecule has 2 aromatic heterocycles. The van der Waals surface area contributed by atoms with Gasteiger partial charge in [-0.1, -0.05) is 29.3 Å². The maximum atomic E-state index is 6.25. The van der Waals surface area contributed by atoms with Gasteiger partial charge >= 0.3 is 0 Å². The second kappa shape index (κ2) is 6.63. The minimum Gasteiger partial charge on any atom is -0.319 e. The van der Waals surface area contributed by atoms with Crippen molar-refractivity contribution in [1.29, 1.82) is 0 Å². The van der Waals surface area contributed by atoms with E-state index in [0.717, 1.165) is 11.3 Å². The second-order valence-corrected chi connectivity index (χ2v) is 6.92. The summed E-state index contributed by atoms with van der Waals surface area (Å²) < 4.78 is 2.21. The maximum absolute atomic E-state index is 6.25. The molecule has 0 aliphatic heterocycles. The summed E-state index contributed by atoms with van der Waals surface area (Å²) in [6, 6.07) is 17.7. The lowest BCUT2D eigenvalue weighted by Gasteiger charge is -2.09. The van der Waals surface area contributed by atoms with Crippen molar-refractivity contribution in [3.63, 3.8) is 0 Å². The number of hydrogen-bond donors (Lipinski definition) is 1. The molecule has 4 nitrogen and oxygen atoms in total. The number of nitrogens with one attached hydrogen (secondary N) is 1. The SMILES string of the molecule is Cc1ccc(C)n1-c1ccc(-c2n[nH]c(-c3c(Cl)cccc3Cl)n2)cc1. The van der Waals surface area contributed by atoms with E-state index in [2.05, 4.69) is 57.9 Å². The van der Waals surface area contributed by atoms with Crippen molar-refractivity contribution in [2.45, 2.75) is 13.8 Å². The molecule has 26 heavy (non-hydrogen) atoms. The number of benzene rings is 2. The Morgan fingerprint density at radius 1 is 0.846 bits per heavy atom. The Morgan fingerprint density at radius 2 is 1.46 bits per heavy atom. The van der Waals surface area contributed by atoms with E-state index in [-0.39, 0.29) is 0 Å². The molecule has 0 saturated carbocycles. The molecule has 6 heteroatoms. The summed E-state index contributed by atoms with van der Waals surface area (Å²) in [4.78, 5) is 4.56. The molecule has 0 spiro atoms. The summed E-state index contributed by atoms with van der Waals surface area (Å²) in [6.45, 7) is 4.19. The minimum atomic E-state index is 0.536. The third kappa shape index (κ3) is 2.91. The summed E-state index contributed by atoms with van der Waals surface area (Å²) in [5.41, 5.74) is 5.08. The topological polar surface area (TPSA) is 46.5 Å². The van der Waals surface area contributed by atoms with Crippen LogP contribution in [0.2, 0.25) is 10.0 Å². The van der Waals surface area contributed by atoms with Crippen LogP contribution >= 0.6 is 23.2 Å². The van der Waals surface area contributed by atoms with Crippen LogP contribution in [-0.4, -0.2) is 19.7 Å². The van der Waals surface area contributed by atoms with Gasteiger partial charge in [0.2, 0.25) is 0 Å². The lowest BCUT2D eigenvalue weighted by Crippen LogP contribution is -1.98. The minimum absolute atomic E-state index is 0.536. The van der Waals surface area contributed by atoms with Crippen molar-refractivity contribution >= 4 is 23.2 Å². The van der Waals surface area contributed by atoms with Gasteiger partial charge in [0.15, 0.2) is 11.6 Å². The fourth-order valence-electron chi connectivity index (χ4n) is 3.06. The molecule has 0 amide bonds. The van der Waals surface area contributed by atoms with Crippen LogP contribution in [0.1, 0.15) is 11.4 Å². The lowest BCUT2D eigenvalue weighted by molar-refractivity contribution is 0.966. The first-order valence-corrected chi connectivity index (χ1v) is 8.93. The first-order valence-electron chi connectivity index (χ1n) is 8.17. The van der Waals surface area contributed by atoms with Gasteiger partial charge in [-0.3, -0.25) is 5.10 Å². The summed E-state index contributed by atoms with van der Waals surface area (Å²) >= 11 is 12.5. The molecule has 0 unspecified atom stereocenters. The summed E-state index contributed by atoms with van der Waals surface area (Å²) in [6.07, 6.45) is 0. The average molecular weight is 383 g/mol. The van der Waals surface area contributed by atoms with Crippen molar-refractivity contribution in [3.05, 3.63) is 76.0 Å². The molecular weight excluding hydrogens is 367 g/mol. The van der Waals surface area contributed by atoms with E-state index in [9.17, 15) is 0 Å². The van der Waals surface area contributed by atoms with Crippen LogP contribution in [0.5, 0.6) is 0 Å². The normalized spacial score (nSPS) is 11.1. The predicted molar refractivity (Wildman–Crippen MR) is 106 cm³/mol. The zero-order valence-corrected chi connectivity index (χ0v) is 15.8. The van der Waals surface area contributed by atoms with E-state index < -0.39 is 0 Å². The molecule has 0 atom stereocenters. The van der Waals surface area contributed by atoms with Crippen LogP contribution < -0.4 is 0 Å². The fraction of sp³-hybridized carbons (Fsp3) is 0.100. The van der Waals surface area contributed by atoms with Gasteiger partial charge in [-0.05, 0) is 62.4 Å². The van der Waals surface area contributed by atoms with Crippen molar-refractivity contribution in [2.75, 3.05) is 0 Å². The van der Waals surface area contributed by atoms with E-state index in [1.165, 1.54) is 11.4 Å². The molecule has 2 aromatic carbocycles. The molecule has 0 radical (unpaired) electrons. The van der Waals surface area contributed by atoms with Gasteiger partial charge in [0.25, 0.3) is 0 Å². The van der Waals surface area contributed by atoms with Crippen LogP contribution in [0.4, 0.5) is 0 Å². The van der Waals surface area contributed by atoms with Gasteiger partial charge in [-0.15, -0.1) is 0 Å². The number of aromatic nitrogens is 4. The monoisotopic (exact) mass is 382 g/mol. The zero-order valence-electron chi connectivity index (χ0n) is 14.3. The molecule has 4 rings (SSSR count). The van der Waals surface area contributed by atoms with Crippen molar-refractivity contribution in [1.82, 2.24) is 19.7 Å². The third-order valence-corrected chi connectivity index (χ3v) is 4.97. The number of H-pyrrole nitrogens is 1. The Balaban J connectivity index is 1.69. The summed E-state index contributed by atoms with van der Waals surface area (Å²) in [5.74, 6) is 1.15. The number of nitrogens with zero attached hydrogens (tertiary/aromatic N) is 3. The number of hydrogen-bond acceptors (Lipinski definition) is 2. The highest BCUT2D eigenvalue weighted by Gasteiger charge is 2.14. The molecule has 0 aliphatic rings. The first-order chi connectivity index (χ1) is 12.5. The Morgan fingerprint density at radius 3 is 2.08 bits per heavy atom. The number of halogens is 2. The fourth-order valence-corrected chi connectivity index (χ4v) is 3.64. The standard InChI is InChI=1S/C20H16Cl2N4/c1-12-6-7-13(2)26(12)15-10-8-14(9-11-15)19-23-20(25-24-19)18-16(21)4-3-5-17(18)22/h3-11H,1-2H3,(H,23,24,25). The first kappa shape index (κ1) is 16.9. The van der Waals surface area contributed by atoms with Gasteiger partial charge in [-0.25, -0.2) is 4.98 Å². The highest BCUT2D eigenvalue weighted by atomic mass is 35.5. The smallest absolute Gasteiger partial charge is 0.181 e. The highest BCUT2D eigenvalue weighted by Crippen LogP contribution is 2.33. The molecule has 130 valence electrons. The van der Waals surface area contributed by atoms with Crippen LogP contribution in [0.3, 0.4) is 0 Å². The largest absolute Gasteiger partial charge is 0.319 e. The molecule has 2 heterocycles. The zero-order chi connectivity index (χ0) is 18.3. The number of aromatic amines is 1. The van der Waals surface area contributed by atoms with Crippen LogP contribution in [-0.2, 0) is 0 Å². The second-order valence-electron chi connectivity index (χ2n) is 6.10. The summed E-state index contributed by atoms with van der Waals surface area (Å²) in [7, 11) is 0. The predicted octanol–water partition coefficient (Wildman–Crippen LogP) is 5.85. The van der Waals surface area contributed by atoms with E-state index in [4.69, 9.17) is 23.2 Å². The van der Waals surface area contributed by atoms with Gasteiger partial charge in [-0.2, -0.15) is 5.10 Å². The van der Waals surface area contributed by atoms with E-state index in [1.54, 1.807) is 18.2 Å². The van der Waals surface area contributed by atoms with Gasteiger partial charge in [0.05, 0.1) is 15.6 Å². The maximum Gasteiger partial charge on any atom is 0.181 e. The molecule has 1 N–H and O–H groups in total. The molecule has 0 aliphatic carbocycles. The van der Waals surface area contributed by atoms with Crippen LogP contribution in [0.25, 0.3) is 28.5 Å². The van der Waals surface area contributed by atoms with Gasteiger partial charge in [0.1, 0.15) is 0 Å². The molecule has 0 bridgehead atoms. The highest BCUT2D eigenvalue weighted by molar-refractivity contribution is 6.38. The Labute approximate surface area is 161 Å². The Bertz CT molecular complexity index is 1040. The average Bonchev–Trinajstić information content (AvgIpc) is 3.22. The van der Waals surface area contributed by atoms with Gasteiger partial charge < -0.3 is 4.57 Å². The molecule has 0 fully saturated rings. The molecular formula is C20H16Cl2N4. The third-order valence-electron chi connectivity index (χ3n) is 4.34. The Kier molecular flexibility index (Phi) is 4.31. The number of aryl methyl sites for hydroxylation is 2. The lowest BCUT2D eigenvalue weighted by atomic mass is 10.2. The van der Waals surface area contributed by atoms with Crippen molar-refractivity contribution < 1.29 is 0 Å². The van der Waals surface area contributed by atoms with Crippen molar-refractivity contribution in [2.24, 2.45) is 0 Å². The molecule has 4 aromatic rings. The molecule has 0 saturated heterocycles. The van der Waals surface area contributed by atoms with E-state index >= 15 is 0 Å². The van der Waals surface area contributed by atoms with Crippen LogP contribution in [0.15, 0.2) is 54.6 Å². The van der Waals surface area contributed by atoms with Gasteiger partial charge in [0, 0.05) is 22.6 Å². The quantitative estimate of drug-likeness (QED) is 0.482. The van der Waals surface area contributed by atoms with Crippen molar-refractivity contribution in [3.8, 4) is 28.5 Å². The van der Waals surface area contributed by atoms with E-state index in [0.29, 0.717) is 27.3 Å².